The third-order valence-corrected chi connectivity index (χ3v) is 5.13. The number of halogens is 1. The van der Waals surface area contributed by atoms with Gasteiger partial charge >= 0.3 is 6.09 Å². The lowest BCUT2D eigenvalue weighted by atomic mass is 10.1. The maximum atomic E-state index is 11.7. The molecule has 10 heteroatoms. The quantitative estimate of drug-likeness (QED) is 0.733. The van der Waals surface area contributed by atoms with Crippen molar-refractivity contribution in [2.45, 2.75) is 18.9 Å². The van der Waals surface area contributed by atoms with Crippen LogP contribution in [0.4, 0.5) is 10.6 Å². The minimum atomic E-state index is -0.284. The van der Waals surface area contributed by atoms with Crippen molar-refractivity contribution >= 4 is 34.5 Å². The summed E-state index contributed by atoms with van der Waals surface area (Å²) in [6.07, 6.45) is 3.11. The SMILES string of the molecule is COC(=O)N1CCC(n2ncc3c(N4CCOCC4)nc(Cl)nc32)CC1. The van der Waals surface area contributed by atoms with Crippen LogP contribution in [0.25, 0.3) is 11.0 Å². The third kappa shape index (κ3) is 3.16. The van der Waals surface area contributed by atoms with Gasteiger partial charge in [-0.25, -0.2) is 9.48 Å². The summed E-state index contributed by atoms with van der Waals surface area (Å²) >= 11 is 6.20. The molecule has 26 heavy (non-hydrogen) atoms. The fourth-order valence-corrected chi connectivity index (χ4v) is 3.75. The second kappa shape index (κ2) is 7.24. The number of carbonyl (C=O) groups is 1. The van der Waals surface area contributed by atoms with E-state index < -0.39 is 0 Å². The van der Waals surface area contributed by atoms with Gasteiger partial charge in [-0.05, 0) is 24.4 Å². The lowest BCUT2D eigenvalue weighted by Gasteiger charge is -2.31. The normalized spacial score (nSPS) is 19.2. The molecule has 2 aromatic heterocycles. The lowest BCUT2D eigenvalue weighted by molar-refractivity contribution is 0.106. The van der Waals surface area contributed by atoms with Crippen molar-refractivity contribution < 1.29 is 14.3 Å². The van der Waals surface area contributed by atoms with Gasteiger partial charge < -0.3 is 19.3 Å². The molecule has 0 N–H and O–H groups in total. The molecule has 1 amide bonds. The molecule has 2 aromatic rings. The van der Waals surface area contributed by atoms with Crippen LogP contribution < -0.4 is 4.90 Å². The highest BCUT2D eigenvalue weighted by Gasteiger charge is 2.27. The van der Waals surface area contributed by atoms with E-state index in [1.54, 1.807) is 4.90 Å². The second-order valence-electron chi connectivity index (χ2n) is 6.43. The van der Waals surface area contributed by atoms with E-state index in [1.807, 2.05) is 10.9 Å². The molecular weight excluding hydrogens is 360 g/mol. The van der Waals surface area contributed by atoms with Crippen LogP contribution >= 0.6 is 11.6 Å². The van der Waals surface area contributed by atoms with Crippen molar-refractivity contribution in [2.75, 3.05) is 51.4 Å². The zero-order chi connectivity index (χ0) is 18.1. The summed E-state index contributed by atoms with van der Waals surface area (Å²) in [6.45, 7) is 4.14. The van der Waals surface area contributed by atoms with E-state index in [1.165, 1.54) is 7.11 Å². The fraction of sp³-hybridized carbons (Fsp3) is 0.625. The number of hydrogen-bond donors (Lipinski definition) is 0. The molecule has 0 spiro atoms. The first-order valence-corrected chi connectivity index (χ1v) is 9.11. The van der Waals surface area contributed by atoms with Crippen molar-refractivity contribution in [3.8, 4) is 0 Å². The summed E-state index contributed by atoms with van der Waals surface area (Å²) in [7, 11) is 1.40. The minimum absolute atomic E-state index is 0.164. The Morgan fingerprint density at radius 2 is 1.96 bits per heavy atom. The van der Waals surface area contributed by atoms with Crippen LogP contribution in [0.2, 0.25) is 5.28 Å². The topological polar surface area (TPSA) is 85.6 Å². The number of carbonyl (C=O) groups excluding carboxylic acids is 1. The molecule has 9 nitrogen and oxygen atoms in total. The minimum Gasteiger partial charge on any atom is -0.453 e. The van der Waals surface area contributed by atoms with Crippen LogP contribution in [-0.4, -0.2) is 77.2 Å². The molecule has 0 aromatic carbocycles. The van der Waals surface area contributed by atoms with Gasteiger partial charge in [0.25, 0.3) is 0 Å². The second-order valence-corrected chi connectivity index (χ2v) is 6.77. The molecule has 0 radical (unpaired) electrons. The molecule has 2 aliphatic heterocycles. The predicted octanol–water partition coefficient (Wildman–Crippen LogP) is 1.72. The molecule has 0 unspecified atom stereocenters. The number of nitrogens with zero attached hydrogens (tertiary/aromatic N) is 6. The fourth-order valence-electron chi connectivity index (χ4n) is 3.59. The third-order valence-electron chi connectivity index (χ3n) is 4.96. The highest BCUT2D eigenvalue weighted by atomic mass is 35.5. The van der Waals surface area contributed by atoms with Gasteiger partial charge in [0.2, 0.25) is 5.28 Å². The Morgan fingerprint density at radius 3 is 2.65 bits per heavy atom. The van der Waals surface area contributed by atoms with Crippen LogP contribution in [0.1, 0.15) is 18.9 Å². The average molecular weight is 381 g/mol. The van der Waals surface area contributed by atoms with Crippen LogP contribution in [0, 0.1) is 0 Å². The molecule has 0 atom stereocenters. The smallest absolute Gasteiger partial charge is 0.409 e. The summed E-state index contributed by atoms with van der Waals surface area (Å²) in [6, 6.07) is 0.164. The first kappa shape index (κ1) is 17.3. The van der Waals surface area contributed by atoms with Gasteiger partial charge in [0.05, 0.1) is 37.9 Å². The number of piperidine rings is 1. The zero-order valence-electron chi connectivity index (χ0n) is 14.6. The van der Waals surface area contributed by atoms with Crippen molar-refractivity contribution in [3.05, 3.63) is 11.5 Å². The lowest BCUT2D eigenvalue weighted by Crippen LogP contribution is -2.39. The highest BCUT2D eigenvalue weighted by molar-refractivity contribution is 6.28. The van der Waals surface area contributed by atoms with Crippen LogP contribution in [0.3, 0.4) is 0 Å². The van der Waals surface area contributed by atoms with Crippen molar-refractivity contribution in [1.29, 1.82) is 0 Å². The number of ether oxygens (including phenoxy) is 2. The molecule has 2 saturated heterocycles. The maximum Gasteiger partial charge on any atom is 0.409 e. The van der Waals surface area contributed by atoms with E-state index >= 15 is 0 Å². The molecule has 140 valence electrons. The number of amides is 1. The standard InChI is InChI=1S/C16H21ClN6O3/c1-25-16(24)22-4-2-11(3-5-22)23-14-12(10-18-23)13(19-15(17)20-14)21-6-8-26-9-7-21/h10-11H,2-9H2,1H3. The van der Waals surface area contributed by atoms with Gasteiger partial charge in [-0.2, -0.15) is 15.1 Å². The predicted molar refractivity (Wildman–Crippen MR) is 95.6 cm³/mol. The van der Waals surface area contributed by atoms with Crippen LogP contribution in [-0.2, 0) is 9.47 Å². The molecule has 2 fully saturated rings. The Balaban J connectivity index is 1.61. The van der Waals surface area contributed by atoms with Gasteiger partial charge in [0.15, 0.2) is 5.65 Å². The van der Waals surface area contributed by atoms with E-state index in [9.17, 15) is 4.79 Å². The monoisotopic (exact) mass is 380 g/mol. The molecular formula is C16H21ClN6O3. The number of rotatable bonds is 2. The van der Waals surface area contributed by atoms with E-state index in [4.69, 9.17) is 21.1 Å². The molecule has 0 saturated carbocycles. The first-order chi connectivity index (χ1) is 12.7. The largest absolute Gasteiger partial charge is 0.453 e. The van der Waals surface area contributed by atoms with Crippen LogP contribution in [0.5, 0.6) is 0 Å². The summed E-state index contributed by atoms with van der Waals surface area (Å²) in [5.74, 6) is 0.807. The summed E-state index contributed by atoms with van der Waals surface area (Å²) in [4.78, 5) is 24.4. The van der Waals surface area contributed by atoms with Crippen molar-refractivity contribution in [2.24, 2.45) is 0 Å². The van der Waals surface area contributed by atoms with Crippen LogP contribution in [0.15, 0.2) is 6.20 Å². The molecule has 2 aliphatic rings. The number of fused-ring (bicyclic) bond motifs is 1. The zero-order valence-corrected chi connectivity index (χ0v) is 15.4. The van der Waals surface area contributed by atoms with Crippen molar-refractivity contribution in [3.63, 3.8) is 0 Å². The first-order valence-electron chi connectivity index (χ1n) is 8.73. The Bertz CT molecular complexity index is 799. The Kier molecular flexibility index (Phi) is 4.82. The number of anilines is 1. The summed E-state index contributed by atoms with van der Waals surface area (Å²) in [5.41, 5.74) is 0.739. The molecule has 4 heterocycles. The maximum absolute atomic E-state index is 11.7. The van der Waals surface area contributed by atoms with Gasteiger partial charge in [0, 0.05) is 26.2 Å². The number of morpholine rings is 1. The number of methoxy groups -OCH3 is 1. The number of likely N-dealkylation sites (tertiary alicyclic amines) is 1. The Labute approximate surface area is 155 Å². The van der Waals surface area contributed by atoms with Crippen molar-refractivity contribution in [1.82, 2.24) is 24.6 Å². The van der Waals surface area contributed by atoms with Gasteiger partial charge in [-0.15, -0.1) is 0 Å². The molecule has 4 rings (SSSR count). The van der Waals surface area contributed by atoms with E-state index in [-0.39, 0.29) is 17.4 Å². The van der Waals surface area contributed by atoms with E-state index in [2.05, 4.69) is 20.0 Å². The molecule has 0 bridgehead atoms. The summed E-state index contributed by atoms with van der Waals surface area (Å²) < 4.78 is 12.1. The highest BCUT2D eigenvalue weighted by Crippen LogP contribution is 2.30. The average Bonchev–Trinajstić information content (AvgIpc) is 3.11. The Hall–Kier alpha value is -2.13. The van der Waals surface area contributed by atoms with Gasteiger partial charge in [-0.1, -0.05) is 0 Å². The Morgan fingerprint density at radius 1 is 1.23 bits per heavy atom. The molecule has 0 aliphatic carbocycles. The van der Waals surface area contributed by atoms with Gasteiger partial charge in [-0.3, -0.25) is 0 Å². The van der Waals surface area contributed by atoms with E-state index in [0.717, 1.165) is 42.8 Å². The van der Waals surface area contributed by atoms with Gasteiger partial charge in [0.1, 0.15) is 5.82 Å². The summed E-state index contributed by atoms with van der Waals surface area (Å²) in [5, 5.41) is 5.68. The number of hydrogen-bond acceptors (Lipinski definition) is 7. The van der Waals surface area contributed by atoms with E-state index in [0.29, 0.717) is 26.3 Å². The number of aromatic nitrogens is 4.